The van der Waals surface area contributed by atoms with Crippen LogP contribution < -0.4 is 5.32 Å². The van der Waals surface area contributed by atoms with E-state index in [1.807, 2.05) is 24.3 Å². The quantitative estimate of drug-likeness (QED) is 0.197. The van der Waals surface area contributed by atoms with Gasteiger partial charge >= 0.3 is 0 Å². The Hall–Kier alpha value is -6.52. The van der Waals surface area contributed by atoms with E-state index in [-0.39, 0.29) is 6.17 Å². The summed E-state index contributed by atoms with van der Waals surface area (Å²) in [5.74, 6) is 1.48. The van der Waals surface area contributed by atoms with E-state index in [0.29, 0.717) is 5.84 Å². The number of amidine groups is 2. The maximum atomic E-state index is 6.44. The molecule has 0 saturated carbocycles. The lowest BCUT2D eigenvalue weighted by molar-refractivity contribution is 0.662. The largest absolute Gasteiger partial charge is 0.456 e. The van der Waals surface area contributed by atoms with Crippen LogP contribution in [0.4, 0.5) is 0 Å². The molecule has 4 heteroatoms. The molecule has 4 nitrogen and oxygen atoms in total. The van der Waals surface area contributed by atoms with Crippen molar-refractivity contribution in [2.24, 2.45) is 9.98 Å². The Morgan fingerprint density at radius 3 is 2.06 bits per heavy atom. The zero-order valence-electron chi connectivity index (χ0n) is 26.5. The summed E-state index contributed by atoms with van der Waals surface area (Å²) >= 11 is 0. The number of aliphatic imine (C=N–C) groups is 2. The number of rotatable bonds is 4. The van der Waals surface area contributed by atoms with Gasteiger partial charge in [0.15, 0.2) is 5.84 Å². The maximum Gasteiger partial charge on any atom is 0.159 e. The third-order valence-corrected chi connectivity index (χ3v) is 9.70. The molecule has 0 bridgehead atoms. The van der Waals surface area contributed by atoms with Crippen LogP contribution in [0.15, 0.2) is 178 Å². The highest BCUT2D eigenvalue weighted by Crippen LogP contribution is 2.38. The molecule has 49 heavy (non-hydrogen) atoms. The number of benzene rings is 8. The van der Waals surface area contributed by atoms with Gasteiger partial charge in [0.1, 0.15) is 23.2 Å². The molecule has 1 aromatic heterocycles. The van der Waals surface area contributed by atoms with Crippen LogP contribution in [0.5, 0.6) is 0 Å². The van der Waals surface area contributed by atoms with Gasteiger partial charge < -0.3 is 9.73 Å². The summed E-state index contributed by atoms with van der Waals surface area (Å²) < 4.78 is 6.44. The van der Waals surface area contributed by atoms with Gasteiger partial charge in [0.25, 0.3) is 0 Å². The fourth-order valence-electron chi connectivity index (χ4n) is 7.26. The first-order chi connectivity index (χ1) is 24.2. The summed E-state index contributed by atoms with van der Waals surface area (Å²) in [7, 11) is 0. The third kappa shape index (κ3) is 4.68. The fraction of sp³-hybridized carbons (Fsp3) is 0.0222. The zero-order chi connectivity index (χ0) is 32.3. The van der Waals surface area contributed by atoms with Gasteiger partial charge in [-0.05, 0) is 73.8 Å². The SMILES string of the molecule is c1ccc(C2=NC(c3cccc4oc5ccc(-c6ccc7ccccc7c6)cc5c34)NC(c3ccc4c(ccc5ccccc54)c3)=N2)cc1. The highest BCUT2D eigenvalue weighted by Gasteiger charge is 2.25. The summed E-state index contributed by atoms with van der Waals surface area (Å²) in [5, 5.41) is 13.2. The Balaban J connectivity index is 1.12. The van der Waals surface area contributed by atoms with E-state index >= 15 is 0 Å². The number of hydrogen-bond acceptors (Lipinski definition) is 4. The first kappa shape index (κ1) is 27.6. The van der Waals surface area contributed by atoms with Crippen LogP contribution in [0.3, 0.4) is 0 Å². The summed E-state index contributed by atoms with van der Waals surface area (Å²) in [6, 6.07) is 57.6. The molecule has 230 valence electrons. The smallest absolute Gasteiger partial charge is 0.159 e. The molecule has 0 amide bonds. The Morgan fingerprint density at radius 2 is 1.14 bits per heavy atom. The second-order valence-corrected chi connectivity index (χ2v) is 12.6. The Kier molecular flexibility index (Phi) is 6.21. The second kappa shape index (κ2) is 11.0. The molecule has 1 aliphatic rings. The van der Waals surface area contributed by atoms with Gasteiger partial charge in [-0.15, -0.1) is 0 Å². The minimum atomic E-state index is -0.385. The van der Waals surface area contributed by atoms with E-state index in [4.69, 9.17) is 14.4 Å². The molecule has 0 aliphatic carbocycles. The van der Waals surface area contributed by atoms with Gasteiger partial charge in [0, 0.05) is 27.5 Å². The molecular weight excluding hydrogens is 599 g/mol. The average Bonchev–Trinajstić information content (AvgIpc) is 3.56. The van der Waals surface area contributed by atoms with Crippen molar-refractivity contribution < 1.29 is 4.42 Å². The Labute approximate surface area is 282 Å². The van der Waals surface area contributed by atoms with E-state index < -0.39 is 0 Å². The fourth-order valence-corrected chi connectivity index (χ4v) is 7.26. The minimum absolute atomic E-state index is 0.385. The van der Waals surface area contributed by atoms with Crippen molar-refractivity contribution in [3.8, 4) is 11.1 Å². The summed E-state index contributed by atoms with van der Waals surface area (Å²) in [5.41, 5.74) is 7.03. The predicted molar refractivity (Wildman–Crippen MR) is 204 cm³/mol. The predicted octanol–water partition coefficient (Wildman–Crippen LogP) is 11.2. The number of fused-ring (bicyclic) bond motifs is 7. The van der Waals surface area contributed by atoms with Crippen molar-refractivity contribution in [3.63, 3.8) is 0 Å². The normalized spacial score (nSPS) is 14.7. The topological polar surface area (TPSA) is 49.9 Å². The number of furan rings is 1. The van der Waals surface area contributed by atoms with Gasteiger partial charge in [-0.1, -0.05) is 133 Å². The number of nitrogens with zero attached hydrogens (tertiary/aromatic N) is 2. The van der Waals surface area contributed by atoms with Crippen LogP contribution in [0, 0.1) is 0 Å². The molecule has 1 atom stereocenters. The highest BCUT2D eigenvalue weighted by atomic mass is 16.3. The van der Waals surface area contributed by atoms with Crippen LogP contribution in [0.2, 0.25) is 0 Å². The monoisotopic (exact) mass is 627 g/mol. The van der Waals surface area contributed by atoms with Crippen LogP contribution in [0.1, 0.15) is 22.9 Å². The van der Waals surface area contributed by atoms with E-state index in [0.717, 1.165) is 50.0 Å². The van der Waals surface area contributed by atoms with Gasteiger partial charge in [0.05, 0.1) is 0 Å². The van der Waals surface area contributed by atoms with Gasteiger partial charge in [-0.3, -0.25) is 0 Å². The van der Waals surface area contributed by atoms with Gasteiger partial charge in [-0.2, -0.15) is 0 Å². The Morgan fingerprint density at radius 1 is 0.449 bits per heavy atom. The first-order valence-electron chi connectivity index (χ1n) is 16.6. The van der Waals surface area contributed by atoms with E-state index in [2.05, 4.69) is 145 Å². The molecule has 10 rings (SSSR count). The van der Waals surface area contributed by atoms with Gasteiger partial charge in [0.2, 0.25) is 0 Å². The van der Waals surface area contributed by atoms with Crippen molar-refractivity contribution in [2.45, 2.75) is 6.17 Å². The Bertz CT molecular complexity index is 2810. The van der Waals surface area contributed by atoms with Crippen LogP contribution in [-0.4, -0.2) is 11.7 Å². The standard InChI is InChI=1S/C45H29N3O/c1-2-11-30(12-3-1)43-46-44(35-21-23-37-34(26-35)20-18-29-10-6-7-14-36(29)37)48-45(47-43)38-15-8-16-41-42(38)39-27-33(22-24-40(39)49-41)32-19-17-28-9-4-5-13-31(28)25-32/h1-27,45H,(H,46,47,48). The summed E-state index contributed by atoms with van der Waals surface area (Å²) in [6.07, 6.45) is -0.385. The number of nitrogens with one attached hydrogen (secondary N) is 1. The van der Waals surface area contributed by atoms with E-state index in [9.17, 15) is 0 Å². The molecule has 9 aromatic rings. The molecule has 0 radical (unpaired) electrons. The molecule has 2 heterocycles. The molecule has 1 unspecified atom stereocenters. The molecule has 8 aromatic carbocycles. The molecule has 1 N–H and O–H groups in total. The lowest BCUT2D eigenvalue weighted by atomic mass is 9.97. The molecule has 0 fully saturated rings. The first-order valence-corrected chi connectivity index (χ1v) is 16.6. The van der Waals surface area contributed by atoms with E-state index in [1.165, 1.54) is 37.9 Å². The highest BCUT2D eigenvalue weighted by molar-refractivity contribution is 6.16. The molecule has 1 aliphatic heterocycles. The molecule has 0 saturated heterocycles. The van der Waals surface area contributed by atoms with Crippen LogP contribution in [-0.2, 0) is 0 Å². The molecule has 0 spiro atoms. The lowest BCUT2D eigenvalue weighted by Gasteiger charge is -2.24. The van der Waals surface area contributed by atoms with Gasteiger partial charge in [-0.25, -0.2) is 9.98 Å². The van der Waals surface area contributed by atoms with Crippen molar-refractivity contribution in [3.05, 3.63) is 180 Å². The van der Waals surface area contributed by atoms with Crippen molar-refractivity contribution in [1.82, 2.24) is 5.32 Å². The molecular formula is C45H29N3O. The lowest BCUT2D eigenvalue weighted by Crippen LogP contribution is -2.33. The van der Waals surface area contributed by atoms with E-state index in [1.54, 1.807) is 0 Å². The van der Waals surface area contributed by atoms with Crippen LogP contribution in [0.25, 0.3) is 65.4 Å². The van der Waals surface area contributed by atoms with Crippen LogP contribution >= 0.6 is 0 Å². The zero-order valence-corrected chi connectivity index (χ0v) is 26.5. The van der Waals surface area contributed by atoms with Crippen molar-refractivity contribution in [2.75, 3.05) is 0 Å². The summed E-state index contributed by atoms with van der Waals surface area (Å²) in [4.78, 5) is 10.3. The average molecular weight is 628 g/mol. The maximum absolute atomic E-state index is 6.44. The number of hydrogen-bond donors (Lipinski definition) is 1. The second-order valence-electron chi connectivity index (χ2n) is 12.6. The third-order valence-electron chi connectivity index (χ3n) is 9.70. The van der Waals surface area contributed by atoms with Crippen molar-refractivity contribution in [1.29, 1.82) is 0 Å². The minimum Gasteiger partial charge on any atom is -0.456 e. The summed E-state index contributed by atoms with van der Waals surface area (Å²) in [6.45, 7) is 0. The van der Waals surface area contributed by atoms with Crippen molar-refractivity contribution >= 4 is 65.9 Å².